The zero-order valence-electron chi connectivity index (χ0n) is 11.6. The van der Waals surface area contributed by atoms with E-state index in [1.54, 1.807) is 6.07 Å². The van der Waals surface area contributed by atoms with Crippen LogP contribution in [0.3, 0.4) is 0 Å². The predicted octanol–water partition coefficient (Wildman–Crippen LogP) is 4.24. The number of furan rings is 1. The fourth-order valence-corrected chi connectivity index (χ4v) is 2.00. The minimum Gasteiger partial charge on any atom is -0.472 e. The lowest BCUT2D eigenvalue weighted by Crippen LogP contribution is -1.98. The summed E-state index contributed by atoms with van der Waals surface area (Å²) in [6.07, 6.45) is 6.52. The van der Waals surface area contributed by atoms with Gasteiger partial charge in [0.1, 0.15) is 6.26 Å². The number of ketones is 1. The normalized spacial score (nSPS) is 10.6. The molecule has 0 aliphatic heterocycles. The molecular weight excluding hydrogens is 252 g/mol. The van der Waals surface area contributed by atoms with E-state index in [0.717, 1.165) is 25.9 Å². The van der Waals surface area contributed by atoms with Crippen molar-refractivity contribution in [2.45, 2.75) is 32.3 Å². The van der Waals surface area contributed by atoms with Gasteiger partial charge in [0.05, 0.1) is 18.4 Å². The van der Waals surface area contributed by atoms with Gasteiger partial charge in [0.15, 0.2) is 5.78 Å². The molecule has 2 rings (SSSR count). The van der Waals surface area contributed by atoms with Gasteiger partial charge in [0.2, 0.25) is 0 Å². The molecule has 106 valence electrons. The minimum absolute atomic E-state index is 0.156. The lowest BCUT2D eigenvalue weighted by Gasteiger charge is -2.04. The molecule has 2 aromatic rings. The number of ether oxygens (including phenoxy) is 1. The van der Waals surface area contributed by atoms with Gasteiger partial charge in [-0.05, 0) is 24.5 Å². The fraction of sp³-hybridized carbons (Fsp3) is 0.353. The van der Waals surface area contributed by atoms with Crippen LogP contribution in [0, 0.1) is 0 Å². The number of hydrogen-bond acceptors (Lipinski definition) is 3. The van der Waals surface area contributed by atoms with Gasteiger partial charge in [0, 0.05) is 13.0 Å². The first-order chi connectivity index (χ1) is 9.86. The Morgan fingerprint density at radius 1 is 1.05 bits per heavy atom. The van der Waals surface area contributed by atoms with E-state index in [1.807, 2.05) is 18.2 Å². The van der Waals surface area contributed by atoms with Crippen molar-refractivity contribution in [2.24, 2.45) is 0 Å². The van der Waals surface area contributed by atoms with Crippen LogP contribution in [0.2, 0.25) is 0 Å². The number of benzene rings is 1. The van der Waals surface area contributed by atoms with Crippen molar-refractivity contribution in [3.8, 4) is 0 Å². The van der Waals surface area contributed by atoms with Crippen molar-refractivity contribution in [1.82, 2.24) is 0 Å². The Bertz CT molecular complexity index is 488. The van der Waals surface area contributed by atoms with E-state index in [9.17, 15) is 4.79 Å². The van der Waals surface area contributed by atoms with Gasteiger partial charge in [-0.25, -0.2) is 0 Å². The van der Waals surface area contributed by atoms with Gasteiger partial charge >= 0.3 is 0 Å². The zero-order chi connectivity index (χ0) is 14.0. The Balaban J connectivity index is 1.49. The zero-order valence-corrected chi connectivity index (χ0v) is 11.6. The highest BCUT2D eigenvalue weighted by Crippen LogP contribution is 2.09. The molecule has 0 amide bonds. The third-order valence-corrected chi connectivity index (χ3v) is 3.15. The standard InChI is InChI=1S/C17H20O3/c18-17(16-10-12-20-14-16)9-5-2-6-11-19-13-15-7-3-1-4-8-15/h1,3-4,7-8,10,12,14H,2,5-6,9,11,13H2. The van der Waals surface area contributed by atoms with E-state index in [-0.39, 0.29) is 5.78 Å². The number of rotatable bonds is 9. The quantitative estimate of drug-likeness (QED) is 0.506. The molecule has 1 heterocycles. The highest BCUT2D eigenvalue weighted by molar-refractivity contribution is 5.95. The topological polar surface area (TPSA) is 39.4 Å². The largest absolute Gasteiger partial charge is 0.472 e. The Morgan fingerprint density at radius 2 is 1.90 bits per heavy atom. The van der Waals surface area contributed by atoms with Crippen LogP contribution in [0.5, 0.6) is 0 Å². The van der Waals surface area contributed by atoms with E-state index in [2.05, 4.69) is 12.1 Å². The third kappa shape index (κ3) is 5.02. The molecule has 0 saturated carbocycles. The maximum atomic E-state index is 11.7. The summed E-state index contributed by atoms with van der Waals surface area (Å²) in [5.74, 6) is 0.156. The van der Waals surface area contributed by atoms with Crippen molar-refractivity contribution in [3.05, 3.63) is 60.1 Å². The molecule has 1 aromatic heterocycles. The van der Waals surface area contributed by atoms with Crippen LogP contribution in [0.4, 0.5) is 0 Å². The van der Waals surface area contributed by atoms with Crippen LogP contribution in [0.15, 0.2) is 53.3 Å². The number of Topliss-reactive ketones (excluding diaryl/α,β-unsaturated/α-hetero) is 1. The van der Waals surface area contributed by atoms with Gasteiger partial charge in [-0.1, -0.05) is 36.8 Å². The van der Waals surface area contributed by atoms with Crippen molar-refractivity contribution in [3.63, 3.8) is 0 Å². The van der Waals surface area contributed by atoms with E-state index in [0.29, 0.717) is 18.6 Å². The van der Waals surface area contributed by atoms with Crippen molar-refractivity contribution >= 4 is 5.78 Å². The average molecular weight is 272 g/mol. The summed E-state index contributed by atoms with van der Waals surface area (Å²) in [7, 11) is 0. The molecule has 1 aromatic carbocycles. The number of unbranched alkanes of at least 4 members (excludes halogenated alkanes) is 2. The average Bonchev–Trinajstić information content (AvgIpc) is 3.01. The Morgan fingerprint density at radius 3 is 2.65 bits per heavy atom. The lowest BCUT2D eigenvalue weighted by molar-refractivity contribution is 0.0971. The number of carbonyl (C=O) groups excluding carboxylic acids is 1. The monoisotopic (exact) mass is 272 g/mol. The van der Waals surface area contributed by atoms with Gasteiger partial charge in [-0.15, -0.1) is 0 Å². The van der Waals surface area contributed by atoms with Crippen molar-refractivity contribution < 1.29 is 13.9 Å². The SMILES string of the molecule is O=C(CCCCCOCc1ccccc1)c1ccoc1. The second-order valence-corrected chi connectivity index (χ2v) is 4.78. The molecular formula is C17H20O3. The van der Waals surface area contributed by atoms with E-state index in [4.69, 9.17) is 9.15 Å². The lowest BCUT2D eigenvalue weighted by atomic mass is 10.1. The van der Waals surface area contributed by atoms with E-state index < -0.39 is 0 Å². The van der Waals surface area contributed by atoms with Gasteiger partial charge in [-0.2, -0.15) is 0 Å². The van der Waals surface area contributed by atoms with Crippen LogP contribution < -0.4 is 0 Å². The second-order valence-electron chi connectivity index (χ2n) is 4.78. The molecule has 0 fully saturated rings. The Labute approximate surface area is 119 Å². The summed E-state index contributed by atoms with van der Waals surface area (Å²) in [4.78, 5) is 11.7. The van der Waals surface area contributed by atoms with Gasteiger partial charge in [0.25, 0.3) is 0 Å². The van der Waals surface area contributed by atoms with Crippen LogP contribution in [0.1, 0.15) is 41.6 Å². The molecule has 0 aliphatic carbocycles. The first-order valence-electron chi connectivity index (χ1n) is 7.03. The Kier molecular flexibility index (Phi) is 6.06. The third-order valence-electron chi connectivity index (χ3n) is 3.15. The van der Waals surface area contributed by atoms with Crippen LogP contribution in [-0.2, 0) is 11.3 Å². The summed E-state index contributed by atoms with van der Waals surface area (Å²) in [6, 6.07) is 11.9. The molecule has 0 saturated heterocycles. The van der Waals surface area contributed by atoms with E-state index >= 15 is 0 Å². The molecule has 0 bridgehead atoms. The molecule has 20 heavy (non-hydrogen) atoms. The van der Waals surface area contributed by atoms with E-state index in [1.165, 1.54) is 18.1 Å². The van der Waals surface area contributed by atoms with Gasteiger partial charge in [-0.3, -0.25) is 4.79 Å². The maximum absolute atomic E-state index is 11.7. The molecule has 0 atom stereocenters. The molecule has 3 heteroatoms. The van der Waals surface area contributed by atoms with Crippen LogP contribution in [-0.4, -0.2) is 12.4 Å². The summed E-state index contributed by atoms with van der Waals surface area (Å²) in [5, 5.41) is 0. The predicted molar refractivity (Wildman–Crippen MR) is 77.6 cm³/mol. The van der Waals surface area contributed by atoms with Crippen molar-refractivity contribution in [1.29, 1.82) is 0 Å². The maximum Gasteiger partial charge on any atom is 0.166 e. The first-order valence-corrected chi connectivity index (χ1v) is 7.03. The van der Waals surface area contributed by atoms with Gasteiger partial charge < -0.3 is 9.15 Å². The number of carbonyl (C=O) groups is 1. The Hall–Kier alpha value is -1.87. The smallest absolute Gasteiger partial charge is 0.166 e. The summed E-state index contributed by atoms with van der Waals surface area (Å²) in [6.45, 7) is 1.41. The fourth-order valence-electron chi connectivity index (χ4n) is 2.00. The second kappa shape index (κ2) is 8.33. The highest BCUT2D eigenvalue weighted by Gasteiger charge is 2.06. The highest BCUT2D eigenvalue weighted by atomic mass is 16.5. The summed E-state index contributed by atoms with van der Waals surface area (Å²) >= 11 is 0. The van der Waals surface area contributed by atoms with Crippen LogP contribution >= 0.6 is 0 Å². The molecule has 0 N–H and O–H groups in total. The summed E-state index contributed by atoms with van der Waals surface area (Å²) in [5.41, 5.74) is 1.87. The minimum atomic E-state index is 0.156. The summed E-state index contributed by atoms with van der Waals surface area (Å²) < 4.78 is 10.5. The molecule has 0 radical (unpaired) electrons. The molecule has 0 unspecified atom stereocenters. The van der Waals surface area contributed by atoms with Crippen LogP contribution in [0.25, 0.3) is 0 Å². The first kappa shape index (κ1) is 14.5. The molecule has 3 nitrogen and oxygen atoms in total. The number of hydrogen-bond donors (Lipinski definition) is 0. The molecule has 0 spiro atoms. The molecule has 0 aliphatic rings. The van der Waals surface area contributed by atoms with Crippen molar-refractivity contribution in [2.75, 3.05) is 6.61 Å².